The molecule has 2 nitrogen and oxygen atoms in total. The van der Waals surface area contributed by atoms with Gasteiger partial charge in [-0.3, -0.25) is 0 Å². The van der Waals surface area contributed by atoms with Crippen LogP contribution in [0.15, 0.2) is 48.5 Å². The average molecular weight is 306 g/mol. The second kappa shape index (κ2) is 5.84. The predicted molar refractivity (Wildman–Crippen MR) is 98.1 cm³/mol. The molecule has 3 rings (SSSR count). The van der Waals surface area contributed by atoms with Crippen molar-refractivity contribution in [1.82, 2.24) is 9.55 Å². The monoisotopic (exact) mass is 306 g/mol. The van der Waals surface area contributed by atoms with Gasteiger partial charge in [-0.25, -0.2) is 4.98 Å². The van der Waals surface area contributed by atoms with Crippen LogP contribution >= 0.6 is 0 Å². The molecule has 0 fully saturated rings. The standard InChI is InChI=1S/C21H26N2/c1-15(2)17-12-10-16(11-13-17)14-23-19-9-7-6-8-18(19)22-20(23)21(3,4)5/h6-13,15H,14H2,1-5H3. The Bertz CT molecular complexity index is 802. The molecule has 23 heavy (non-hydrogen) atoms. The van der Waals surface area contributed by atoms with Crippen molar-refractivity contribution in [1.29, 1.82) is 0 Å². The lowest BCUT2D eigenvalue weighted by Gasteiger charge is -2.20. The fourth-order valence-corrected chi connectivity index (χ4v) is 3.00. The summed E-state index contributed by atoms with van der Waals surface area (Å²) in [7, 11) is 0. The molecule has 2 heteroatoms. The molecule has 0 N–H and O–H groups in total. The molecule has 1 aromatic heterocycles. The van der Waals surface area contributed by atoms with E-state index in [1.807, 2.05) is 0 Å². The second-order valence-corrected chi connectivity index (χ2v) is 7.66. The highest BCUT2D eigenvalue weighted by Crippen LogP contribution is 2.27. The number of imidazole rings is 1. The quantitative estimate of drug-likeness (QED) is 0.624. The first kappa shape index (κ1) is 15.8. The Morgan fingerprint density at radius 1 is 0.957 bits per heavy atom. The smallest absolute Gasteiger partial charge is 0.115 e. The van der Waals surface area contributed by atoms with Crippen molar-refractivity contribution in [3.05, 3.63) is 65.5 Å². The SMILES string of the molecule is CC(C)c1ccc(Cn2c(C(C)(C)C)nc3ccccc32)cc1. The molecule has 0 unspecified atom stereocenters. The Morgan fingerprint density at radius 3 is 2.22 bits per heavy atom. The molecule has 3 aromatic rings. The number of fused-ring (bicyclic) bond motifs is 1. The number of rotatable bonds is 3. The van der Waals surface area contributed by atoms with Crippen molar-refractivity contribution >= 4 is 11.0 Å². The van der Waals surface area contributed by atoms with Crippen LogP contribution in [-0.4, -0.2) is 9.55 Å². The Kier molecular flexibility index (Phi) is 4.01. The first-order chi connectivity index (χ1) is 10.9. The molecule has 0 aliphatic rings. The molecule has 0 spiro atoms. The Balaban J connectivity index is 2.04. The highest BCUT2D eigenvalue weighted by Gasteiger charge is 2.22. The summed E-state index contributed by atoms with van der Waals surface area (Å²) in [6.45, 7) is 12.0. The van der Waals surface area contributed by atoms with Crippen LogP contribution in [0.4, 0.5) is 0 Å². The summed E-state index contributed by atoms with van der Waals surface area (Å²) < 4.78 is 2.36. The molecule has 0 aliphatic carbocycles. The van der Waals surface area contributed by atoms with Crippen LogP contribution in [0.1, 0.15) is 57.5 Å². The van der Waals surface area contributed by atoms with Crippen LogP contribution in [0.2, 0.25) is 0 Å². The van der Waals surface area contributed by atoms with E-state index in [2.05, 4.69) is 87.7 Å². The van der Waals surface area contributed by atoms with Crippen LogP contribution in [0.3, 0.4) is 0 Å². The minimum atomic E-state index is 0.0247. The third-order valence-electron chi connectivity index (χ3n) is 4.31. The molecule has 0 saturated heterocycles. The van der Waals surface area contributed by atoms with Crippen molar-refractivity contribution in [2.24, 2.45) is 0 Å². The van der Waals surface area contributed by atoms with Gasteiger partial charge in [0.1, 0.15) is 5.82 Å². The third-order valence-corrected chi connectivity index (χ3v) is 4.31. The van der Waals surface area contributed by atoms with Gasteiger partial charge in [0.15, 0.2) is 0 Å². The molecule has 0 atom stereocenters. The van der Waals surface area contributed by atoms with E-state index in [0.717, 1.165) is 17.9 Å². The fraction of sp³-hybridized carbons (Fsp3) is 0.381. The Labute approximate surface area is 139 Å². The molecule has 2 aromatic carbocycles. The van der Waals surface area contributed by atoms with Crippen LogP contribution in [0.25, 0.3) is 11.0 Å². The number of hydrogen-bond donors (Lipinski definition) is 0. The average Bonchev–Trinajstić information content (AvgIpc) is 2.87. The number of aromatic nitrogens is 2. The van der Waals surface area contributed by atoms with Gasteiger partial charge in [-0.2, -0.15) is 0 Å². The highest BCUT2D eigenvalue weighted by atomic mass is 15.1. The van der Waals surface area contributed by atoms with Gasteiger partial charge < -0.3 is 4.57 Å². The van der Waals surface area contributed by atoms with Crippen molar-refractivity contribution in [3.8, 4) is 0 Å². The van der Waals surface area contributed by atoms with Gasteiger partial charge in [-0.05, 0) is 29.2 Å². The largest absolute Gasteiger partial charge is 0.323 e. The van der Waals surface area contributed by atoms with Crippen LogP contribution in [0, 0.1) is 0 Å². The van der Waals surface area contributed by atoms with E-state index >= 15 is 0 Å². The maximum atomic E-state index is 4.89. The summed E-state index contributed by atoms with van der Waals surface area (Å²) in [6.07, 6.45) is 0. The van der Waals surface area contributed by atoms with E-state index in [1.165, 1.54) is 16.6 Å². The summed E-state index contributed by atoms with van der Waals surface area (Å²) in [5.74, 6) is 1.72. The summed E-state index contributed by atoms with van der Waals surface area (Å²) >= 11 is 0. The van der Waals surface area contributed by atoms with Crippen molar-refractivity contribution < 1.29 is 0 Å². The summed E-state index contributed by atoms with van der Waals surface area (Å²) in [4.78, 5) is 4.89. The first-order valence-corrected chi connectivity index (χ1v) is 8.41. The van der Waals surface area contributed by atoms with Gasteiger partial charge >= 0.3 is 0 Å². The molecular weight excluding hydrogens is 280 g/mol. The van der Waals surface area contributed by atoms with Gasteiger partial charge in [-0.1, -0.05) is 71.0 Å². The lowest BCUT2D eigenvalue weighted by Crippen LogP contribution is -2.19. The lowest BCUT2D eigenvalue weighted by atomic mass is 9.95. The number of benzene rings is 2. The van der Waals surface area contributed by atoms with Gasteiger partial charge in [0, 0.05) is 12.0 Å². The van der Waals surface area contributed by atoms with Crippen molar-refractivity contribution in [2.45, 2.75) is 52.5 Å². The maximum absolute atomic E-state index is 4.89. The Hall–Kier alpha value is -2.09. The molecule has 120 valence electrons. The zero-order chi connectivity index (χ0) is 16.6. The molecule has 0 aliphatic heterocycles. The molecule has 0 amide bonds. The topological polar surface area (TPSA) is 17.8 Å². The molecule has 0 bridgehead atoms. The van der Waals surface area contributed by atoms with Gasteiger partial charge in [0.25, 0.3) is 0 Å². The van der Waals surface area contributed by atoms with Gasteiger partial charge in [0.2, 0.25) is 0 Å². The molecular formula is C21H26N2. The molecule has 1 heterocycles. The molecule has 0 saturated carbocycles. The van der Waals surface area contributed by atoms with E-state index in [9.17, 15) is 0 Å². The van der Waals surface area contributed by atoms with E-state index in [4.69, 9.17) is 4.98 Å². The minimum absolute atomic E-state index is 0.0247. The summed E-state index contributed by atoms with van der Waals surface area (Å²) in [6, 6.07) is 17.4. The van der Waals surface area contributed by atoms with Crippen LogP contribution in [0.5, 0.6) is 0 Å². The van der Waals surface area contributed by atoms with Crippen LogP contribution in [-0.2, 0) is 12.0 Å². The first-order valence-electron chi connectivity index (χ1n) is 8.41. The fourth-order valence-electron chi connectivity index (χ4n) is 3.00. The Morgan fingerprint density at radius 2 is 1.61 bits per heavy atom. The molecule has 0 radical (unpaired) electrons. The summed E-state index contributed by atoms with van der Waals surface area (Å²) in [5.41, 5.74) is 5.03. The van der Waals surface area contributed by atoms with Crippen molar-refractivity contribution in [3.63, 3.8) is 0 Å². The number of hydrogen-bond acceptors (Lipinski definition) is 1. The zero-order valence-electron chi connectivity index (χ0n) is 14.8. The summed E-state index contributed by atoms with van der Waals surface area (Å²) in [5, 5.41) is 0. The van der Waals surface area contributed by atoms with E-state index in [-0.39, 0.29) is 5.41 Å². The maximum Gasteiger partial charge on any atom is 0.115 e. The van der Waals surface area contributed by atoms with Gasteiger partial charge in [-0.15, -0.1) is 0 Å². The van der Waals surface area contributed by atoms with E-state index in [0.29, 0.717) is 5.92 Å². The van der Waals surface area contributed by atoms with Crippen molar-refractivity contribution in [2.75, 3.05) is 0 Å². The lowest BCUT2D eigenvalue weighted by molar-refractivity contribution is 0.516. The van der Waals surface area contributed by atoms with E-state index < -0.39 is 0 Å². The minimum Gasteiger partial charge on any atom is -0.323 e. The zero-order valence-corrected chi connectivity index (χ0v) is 14.8. The highest BCUT2D eigenvalue weighted by molar-refractivity contribution is 5.76. The predicted octanol–water partition coefficient (Wildman–Crippen LogP) is 5.51. The van der Waals surface area contributed by atoms with Gasteiger partial charge in [0.05, 0.1) is 11.0 Å². The number of para-hydroxylation sites is 2. The van der Waals surface area contributed by atoms with E-state index in [1.54, 1.807) is 0 Å². The normalized spacial score (nSPS) is 12.3. The number of nitrogens with zero attached hydrogens (tertiary/aromatic N) is 2. The third kappa shape index (κ3) is 3.17. The second-order valence-electron chi connectivity index (χ2n) is 7.66. The van der Waals surface area contributed by atoms with Crippen LogP contribution < -0.4 is 0 Å².